The lowest BCUT2D eigenvalue weighted by molar-refractivity contribution is -0.122. The van der Waals surface area contributed by atoms with E-state index in [4.69, 9.17) is 0 Å². The fourth-order valence-corrected chi connectivity index (χ4v) is 6.61. The first-order chi connectivity index (χ1) is 16.4. The molecule has 2 aliphatic rings. The van der Waals surface area contributed by atoms with Crippen LogP contribution in [0.2, 0.25) is 0 Å². The average molecular weight is 490 g/mol. The zero-order valence-corrected chi connectivity index (χ0v) is 21.4. The molecule has 0 radical (unpaired) electrons. The van der Waals surface area contributed by atoms with Gasteiger partial charge in [-0.3, -0.25) is 4.79 Å². The van der Waals surface area contributed by atoms with E-state index in [0.717, 1.165) is 63.1 Å². The van der Waals surface area contributed by atoms with Crippen LogP contribution in [0, 0.1) is 0 Å². The number of imidazole rings is 1. The first kappa shape index (κ1) is 25.1. The van der Waals surface area contributed by atoms with Gasteiger partial charge in [-0.1, -0.05) is 19.8 Å². The molecule has 2 saturated heterocycles. The molecule has 2 fully saturated rings. The number of hydrogen-bond acceptors (Lipinski definition) is 5. The Labute approximate surface area is 203 Å². The maximum absolute atomic E-state index is 13.0. The molecule has 1 aromatic carbocycles. The summed E-state index contributed by atoms with van der Waals surface area (Å²) in [6.07, 6.45) is 8.29. The standard InChI is InChI=1S/C25H39N5O3S/c1-3-4-14-29-17-12-20(13-18-29)26-25(31)11-10-24-27-22-19-21(8-9-23(22)28(24)2)34(32,33)30-15-6-5-7-16-30/h8-9,19-20H,3-7,10-18H2,1-2H3,(H,26,31). The first-order valence-electron chi connectivity index (χ1n) is 12.9. The molecule has 0 atom stereocenters. The molecule has 0 unspecified atom stereocenters. The van der Waals surface area contributed by atoms with Crippen molar-refractivity contribution < 1.29 is 13.2 Å². The van der Waals surface area contributed by atoms with Crippen LogP contribution in [0.15, 0.2) is 23.1 Å². The number of nitrogens with zero attached hydrogens (tertiary/aromatic N) is 4. The van der Waals surface area contributed by atoms with Gasteiger partial charge in [-0.2, -0.15) is 4.31 Å². The van der Waals surface area contributed by atoms with Gasteiger partial charge in [-0.25, -0.2) is 13.4 Å². The highest BCUT2D eigenvalue weighted by molar-refractivity contribution is 7.89. The van der Waals surface area contributed by atoms with Crippen LogP contribution >= 0.6 is 0 Å². The van der Waals surface area contributed by atoms with Crippen LogP contribution in [-0.2, 0) is 28.3 Å². The summed E-state index contributed by atoms with van der Waals surface area (Å²) < 4.78 is 29.6. The Morgan fingerprint density at radius 2 is 1.85 bits per heavy atom. The number of unbranched alkanes of at least 4 members (excludes halogenated alkanes) is 1. The van der Waals surface area contributed by atoms with Crippen LogP contribution in [0.4, 0.5) is 0 Å². The molecule has 9 heteroatoms. The molecule has 0 bridgehead atoms. The van der Waals surface area contributed by atoms with E-state index in [1.807, 2.05) is 17.7 Å². The van der Waals surface area contributed by atoms with E-state index < -0.39 is 10.0 Å². The number of carbonyl (C=O) groups excluding carboxylic acids is 1. The second kappa shape index (κ2) is 11.2. The van der Waals surface area contributed by atoms with Crippen molar-refractivity contribution in [3.63, 3.8) is 0 Å². The number of aryl methyl sites for hydroxylation is 2. The number of fused-ring (bicyclic) bond motifs is 1. The second-order valence-electron chi connectivity index (χ2n) is 9.74. The fourth-order valence-electron chi connectivity index (χ4n) is 5.08. The van der Waals surface area contributed by atoms with Crippen molar-refractivity contribution in [1.82, 2.24) is 24.1 Å². The van der Waals surface area contributed by atoms with Crippen molar-refractivity contribution in [3.05, 3.63) is 24.0 Å². The largest absolute Gasteiger partial charge is 0.353 e. The summed E-state index contributed by atoms with van der Waals surface area (Å²) >= 11 is 0. The van der Waals surface area contributed by atoms with Crippen LogP contribution in [0.3, 0.4) is 0 Å². The lowest BCUT2D eigenvalue weighted by Gasteiger charge is -2.32. The van der Waals surface area contributed by atoms with Gasteiger partial charge in [0.15, 0.2) is 0 Å². The van der Waals surface area contributed by atoms with Gasteiger partial charge < -0.3 is 14.8 Å². The minimum atomic E-state index is -3.49. The molecule has 4 rings (SSSR count). The Bertz CT molecular complexity index is 1080. The van der Waals surface area contributed by atoms with Gasteiger partial charge in [0.2, 0.25) is 15.9 Å². The SMILES string of the molecule is CCCCN1CCC(NC(=O)CCc2nc3cc(S(=O)(=O)N4CCCCC4)ccc3n2C)CC1. The van der Waals surface area contributed by atoms with Crippen LogP contribution < -0.4 is 5.32 Å². The molecule has 0 spiro atoms. The van der Waals surface area contributed by atoms with Crippen LogP contribution in [0.5, 0.6) is 0 Å². The highest BCUT2D eigenvalue weighted by Crippen LogP contribution is 2.25. The predicted molar refractivity (Wildman–Crippen MR) is 134 cm³/mol. The quantitative estimate of drug-likeness (QED) is 0.585. The van der Waals surface area contributed by atoms with Gasteiger partial charge in [0.1, 0.15) is 5.82 Å². The van der Waals surface area contributed by atoms with Gasteiger partial charge in [0.05, 0.1) is 15.9 Å². The zero-order valence-electron chi connectivity index (χ0n) is 20.6. The van der Waals surface area contributed by atoms with Gasteiger partial charge in [-0.05, 0) is 56.8 Å². The number of likely N-dealkylation sites (tertiary alicyclic amines) is 1. The topological polar surface area (TPSA) is 87.5 Å². The highest BCUT2D eigenvalue weighted by atomic mass is 32.2. The fraction of sp³-hybridized carbons (Fsp3) is 0.680. The molecular formula is C25H39N5O3S. The van der Waals surface area contributed by atoms with Crippen molar-refractivity contribution in [2.75, 3.05) is 32.7 Å². The third-order valence-electron chi connectivity index (χ3n) is 7.25. The number of aromatic nitrogens is 2. The number of amides is 1. The zero-order chi connectivity index (χ0) is 24.1. The van der Waals surface area contributed by atoms with Gasteiger partial charge in [0.25, 0.3) is 0 Å². The number of carbonyl (C=O) groups is 1. The first-order valence-corrected chi connectivity index (χ1v) is 14.3. The maximum atomic E-state index is 13.0. The molecule has 1 N–H and O–H groups in total. The number of sulfonamides is 1. The second-order valence-corrected chi connectivity index (χ2v) is 11.7. The van der Waals surface area contributed by atoms with Gasteiger partial charge in [-0.15, -0.1) is 0 Å². The minimum absolute atomic E-state index is 0.0624. The Hall–Kier alpha value is -1.97. The van der Waals surface area contributed by atoms with Gasteiger partial charge >= 0.3 is 0 Å². The smallest absolute Gasteiger partial charge is 0.243 e. The molecular weight excluding hydrogens is 450 g/mol. The summed E-state index contributed by atoms with van der Waals surface area (Å²) in [5.74, 6) is 0.861. The van der Waals surface area contributed by atoms with Crippen LogP contribution in [-0.4, -0.2) is 71.8 Å². The van der Waals surface area contributed by atoms with Crippen LogP contribution in [0.25, 0.3) is 11.0 Å². The lowest BCUT2D eigenvalue weighted by Crippen LogP contribution is -2.44. The summed E-state index contributed by atoms with van der Waals surface area (Å²) in [5, 5.41) is 3.20. The third-order valence-corrected chi connectivity index (χ3v) is 9.15. The monoisotopic (exact) mass is 489 g/mol. The van der Waals surface area contributed by atoms with E-state index in [1.165, 1.54) is 12.8 Å². The summed E-state index contributed by atoms with van der Waals surface area (Å²) in [5.41, 5.74) is 1.54. The molecule has 1 amide bonds. The normalized spacial score (nSPS) is 19.0. The van der Waals surface area contributed by atoms with Crippen molar-refractivity contribution >= 4 is 27.0 Å². The number of rotatable bonds is 9. The Balaban J connectivity index is 1.34. The molecule has 1 aromatic heterocycles. The van der Waals surface area contributed by atoms with Crippen molar-refractivity contribution in [1.29, 1.82) is 0 Å². The van der Waals surface area contributed by atoms with E-state index in [1.54, 1.807) is 16.4 Å². The van der Waals surface area contributed by atoms with Crippen molar-refractivity contribution in [2.24, 2.45) is 7.05 Å². The molecule has 34 heavy (non-hydrogen) atoms. The maximum Gasteiger partial charge on any atom is 0.243 e. The average Bonchev–Trinajstić information content (AvgIpc) is 3.17. The number of nitrogens with one attached hydrogen (secondary N) is 1. The molecule has 188 valence electrons. The molecule has 3 heterocycles. The van der Waals surface area contributed by atoms with Crippen LogP contribution in [0.1, 0.15) is 64.1 Å². The summed E-state index contributed by atoms with van der Waals surface area (Å²) in [4.78, 5) is 20.1. The molecule has 2 aliphatic heterocycles. The summed E-state index contributed by atoms with van der Waals surface area (Å²) in [7, 11) is -1.57. The van der Waals surface area contributed by atoms with E-state index in [2.05, 4.69) is 22.1 Å². The number of piperidine rings is 2. The lowest BCUT2D eigenvalue weighted by atomic mass is 10.0. The Kier molecular flexibility index (Phi) is 8.26. The van der Waals surface area contributed by atoms with E-state index in [9.17, 15) is 13.2 Å². The molecule has 0 aliphatic carbocycles. The third kappa shape index (κ3) is 5.80. The Morgan fingerprint density at radius 3 is 2.56 bits per heavy atom. The number of hydrogen-bond donors (Lipinski definition) is 1. The van der Waals surface area contributed by atoms with E-state index >= 15 is 0 Å². The summed E-state index contributed by atoms with van der Waals surface area (Å²) in [6, 6.07) is 5.44. The molecule has 2 aromatic rings. The minimum Gasteiger partial charge on any atom is -0.353 e. The number of benzene rings is 1. The predicted octanol–water partition coefficient (Wildman–Crippen LogP) is 3.06. The Morgan fingerprint density at radius 1 is 1.12 bits per heavy atom. The highest BCUT2D eigenvalue weighted by Gasteiger charge is 2.27. The summed E-state index contributed by atoms with van der Waals surface area (Å²) in [6.45, 7) is 6.65. The van der Waals surface area contributed by atoms with Gasteiger partial charge in [0, 0.05) is 52.1 Å². The van der Waals surface area contributed by atoms with Crippen molar-refractivity contribution in [2.45, 2.75) is 75.6 Å². The molecule has 0 saturated carbocycles. The van der Waals surface area contributed by atoms with E-state index in [0.29, 0.717) is 36.3 Å². The molecule has 8 nitrogen and oxygen atoms in total. The van der Waals surface area contributed by atoms with Crippen molar-refractivity contribution in [3.8, 4) is 0 Å². The van der Waals surface area contributed by atoms with E-state index in [-0.39, 0.29) is 11.9 Å².